The predicted molar refractivity (Wildman–Crippen MR) is 222 cm³/mol. The smallest absolute Gasteiger partial charge is 0.330 e. The quantitative estimate of drug-likeness (QED) is 0.0150. The average Bonchev–Trinajstić information content (AvgIpc) is 3.68. The fourth-order valence-corrected chi connectivity index (χ4v) is 7.32. The van der Waals surface area contributed by atoms with E-state index in [0.29, 0.717) is 67.6 Å². The number of carbonyl (C=O) groups excluding carboxylic acids is 4. The van der Waals surface area contributed by atoms with Crippen molar-refractivity contribution in [2.45, 2.75) is 58.3 Å². The van der Waals surface area contributed by atoms with E-state index < -0.39 is 17.9 Å². The third-order valence-corrected chi connectivity index (χ3v) is 10.6. The molecule has 1 aliphatic carbocycles. The Kier molecular flexibility index (Phi) is 14.7. The molecule has 5 aromatic rings. The largest absolute Gasteiger partial charge is 0.494 e. The average molecular weight is 804 g/mol. The van der Waals surface area contributed by atoms with Gasteiger partial charge in [-0.3, -0.25) is 14.4 Å². The highest BCUT2D eigenvalue weighted by atomic mass is 32.1. The zero-order valence-electron chi connectivity index (χ0n) is 32.2. The van der Waals surface area contributed by atoms with Crippen molar-refractivity contribution in [2.75, 3.05) is 18.2 Å². The monoisotopic (exact) mass is 803 g/mol. The number of carbonyl (C=O) groups is 4. The van der Waals surface area contributed by atoms with Crippen LogP contribution in [-0.2, 0) is 23.9 Å². The number of nitrogens with zero attached hydrogens (tertiary/aromatic N) is 3. The summed E-state index contributed by atoms with van der Waals surface area (Å²) in [5, 5.41) is 7.15. The van der Waals surface area contributed by atoms with Gasteiger partial charge in [0, 0.05) is 11.6 Å². The van der Waals surface area contributed by atoms with Crippen molar-refractivity contribution in [3.8, 4) is 23.0 Å². The van der Waals surface area contributed by atoms with Gasteiger partial charge in [0.15, 0.2) is 0 Å². The van der Waals surface area contributed by atoms with E-state index in [9.17, 15) is 19.2 Å². The Morgan fingerprint density at radius 1 is 0.810 bits per heavy atom. The molecule has 0 bridgehead atoms. The fraction of sp³-hybridized carbons (Fsp3) is 0.289. The minimum Gasteiger partial charge on any atom is -0.494 e. The van der Waals surface area contributed by atoms with Gasteiger partial charge in [-0.1, -0.05) is 47.7 Å². The minimum absolute atomic E-state index is 0.248. The van der Waals surface area contributed by atoms with Gasteiger partial charge >= 0.3 is 17.9 Å². The standard InChI is InChI=1S/C45H45N3O9S/c1-3-42(50)54-27-9-5-4-8-26-53-36-20-22-37(23-21-36)56-43(51)32-14-16-33(17-15-32)44(52)57-40-25-24-38(55-30-49)28-34(40)29-46-48(35-18-12-31(2)13-19-35)45-47-39-10-6-7-11-41(39)58-45/h3,6-7,10-13,18-25,28-30,32-33H,1,4-5,8-9,14-17,26-27H2,2H3/b46-29+. The number of fused-ring (bicyclic) bond motifs is 1. The molecule has 0 atom stereocenters. The number of thiazole rings is 1. The van der Waals surface area contributed by atoms with Gasteiger partial charge in [-0.15, -0.1) is 0 Å². The van der Waals surface area contributed by atoms with Crippen LogP contribution in [0.1, 0.15) is 62.5 Å². The maximum atomic E-state index is 13.5. The van der Waals surface area contributed by atoms with Crippen LogP contribution in [0, 0.1) is 18.8 Å². The van der Waals surface area contributed by atoms with E-state index in [1.165, 1.54) is 11.3 Å². The summed E-state index contributed by atoms with van der Waals surface area (Å²) in [6.07, 6.45) is 8.10. The molecule has 1 saturated carbocycles. The number of para-hydroxylation sites is 1. The number of hydrazone groups is 1. The number of aryl methyl sites for hydroxylation is 1. The molecule has 4 aromatic carbocycles. The van der Waals surface area contributed by atoms with Crippen LogP contribution >= 0.6 is 11.3 Å². The van der Waals surface area contributed by atoms with E-state index >= 15 is 0 Å². The molecule has 1 fully saturated rings. The first-order chi connectivity index (χ1) is 28.3. The molecule has 0 N–H and O–H groups in total. The number of hydrogen-bond donors (Lipinski definition) is 0. The van der Waals surface area contributed by atoms with Crippen molar-refractivity contribution in [3.63, 3.8) is 0 Å². The van der Waals surface area contributed by atoms with E-state index in [2.05, 4.69) is 6.58 Å². The van der Waals surface area contributed by atoms with Gasteiger partial charge in [0.25, 0.3) is 6.47 Å². The van der Waals surface area contributed by atoms with Gasteiger partial charge in [0.1, 0.15) is 23.0 Å². The Morgan fingerprint density at radius 3 is 2.16 bits per heavy atom. The Hall–Kier alpha value is -6.34. The molecular weight excluding hydrogens is 759 g/mol. The second-order valence-corrected chi connectivity index (χ2v) is 14.8. The number of rotatable bonds is 19. The van der Waals surface area contributed by atoms with E-state index in [-0.39, 0.29) is 23.4 Å². The first kappa shape index (κ1) is 41.3. The van der Waals surface area contributed by atoms with Crippen LogP contribution in [0.15, 0.2) is 109 Å². The van der Waals surface area contributed by atoms with Crippen LogP contribution in [-0.4, -0.2) is 48.8 Å². The Balaban J connectivity index is 1.02. The van der Waals surface area contributed by atoms with E-state index in [0.717, 1.165) is 53.2 Å². The maximum Gasteiger partial charge on any atom is 0.330 e. The molecule has 12 nitrogen and oxygen atoms in total. The van der Waals surface area contributed by atoms with Crippen LogP contribution in [0.4, 0.5) is 10.8 Å². The van der Waals surface area contributed by atoms with Crippen LogP contribution in [0.2, 0.25) is 0 Å². The highest BCUT2D eigenvalue weighted by Crippen LogP contribution is 2.35. The van der Waals surface area contributed by atoms with Gasteiger partial charge in [-0.2, -0.15) is 5.10 Å². The van der Waals surface area contributed by atoms with Gasteiger partial charge in [0.2, 0.25) is 5.13 Å². The molecule has 6 rings (SSSR count). The number of ether oxygens (including phenoxy) is 5. The second kappa shape index (κ2) is 20.7. The van der Waals surface area contributed by atoms with Crippen molar-refractivity contribution in [3.05, 3.63) is 115 Å². The first-order valence-corrected chi connectivity index (χ1v) is 20.1. The summed E-state index contributed by atoms with van der Waals surface area (Å²) in [4.78, 5) is 53.6. The van der Waals surface area contributed by atoms with Crippen molar-refractivity contribution in [1.82, 2.24) is 4.98 Å². The van der Waals surface area contributed by atoms with E-state index in [1.54, 1.807) is 53.7 Å². The summed E-state index contributed by atoms with van der Waals surface area (Å²) >= 11 is 1.49. The number of aromatic nitrogens is 1. The Labute approximate surface area is 341 Å². The zero-order valence-corrected chi connectivity index (χ0v) is 33.1. The molecule has 0 aliphatic heterocycles. The summed E-state index contributed by atoms with van der Waals surface area (Å²) in [5.74, 6) is -0.324. The summed E-state index contributed by atoms with van der Waals surface area (Å²) < 4.78 is 28.5. The molecule has 0 radical (unpaired) electrons. The molecule has 13 heteroatoms. The lowest BCUT2D eigenvalue weighted by atomic mass is 9.82. The van der Waals surface area contributed by atoms with E-state index in [4.69, 9.17) is 33.8 Å². The van der Waals surface area contributed by atoms with E-state index in [1.807, 2.05) is 55.5 Å². The predicted octanol–water partition coefficient (Wildman–Crippen LogP) is 9.30. The normalized spacial score (nSPS) is 15.1. The molecule has 1 aliphatic rings. The molecule has 0 saturated heterocycles. The van der Waals surface area contributed by atoms with Gasteiger partial charge in [-0.05, 0) is 125 Å². The first-order valence-electron chi connectivity index (χ1n) is 19.3. The molecule has 1 heterocycles. The van der Waals surface area contributed by atoms with Crippen molar-refractivity contribution < 1.29 is 42.9 Å². The fourth-order valence-electron chi connectivity index (χ4n) is 6.37. The number of anilines is 2. The van der Waals surface area contributed by atoms with Crippen molar-refractivity contribution in [2.24, 2.45) is 16.9 Å². The number of unbranched alkanes of at least 4 members (excludes halogenated alkanes) is 3. The lowest BCUT2D eigenvalue weighted by molar-refractivity contribution is -0.145. The number of hydrogen-bond acceptors (Lipinski definition) is 13. The molecule has 58 heavy (non-hydrogen) atoms. The summed E-state index contributed by atoms with van der Waals surface area (Å²) in [6, 6.07) is 27.3. The van der Waals surface area contributed by atoms with Crippen molar-refractivity contribution in [1.29, 1.82) is 0 Å². The minimum atomic E-state index is -0.420. The topological polar surface area (TPSA) is 143 Å². The number of benzene rings is 4. The molecule has 0 amide bonds. The third kappa shape index (κ3) is 11.6. The molecule has 0 unspecified atom stereocenters. The van der Waals surface area contributed by atoms with Gasteiger partial charge in [0.05, 0.1) is 47.2 Å². The summed E-state index contributed by atoms with van der Waals surface area (Å²) in [6.45, 7) is 6.64. The third-order valence-electron chi connectivity index (χ3n) is 9.59. The SMILES string of the molecule is C=CC(=O)OCCCCCCOc1ccc(OC(=O)C2CCC(C(=O)Oc3ccc(OC=O)cc3/C=N/N(c3ccc(C)cc3)c3nc4ccccc4s3)CC2)cc1. The molecular formula is C45H45N3O9S. The Morgan fingerprint density at radius 2 is 1.47 bits per heavy atom. The van der Waals surface area contributed by atoms with Crippen LogP contribution in [0.25, 0.3) is 10.2 Å². The highest BCUT2D eigenvalue weighted by Gasteiger charge is 2.32. The Bertz CT molecular complexity index is 2180. The molecule has 1 aromatic heterocycles. The molecule has 300 valence electrons. The van der Waals surface area contributed by atoms with Crippen LogP contribution < -0.4 is 24.0 Å². The van der Waals surface area contributed by atoms with Gasteiger partial charge in [-0.25, -0.2) is 14.8 Å². The van der Waals surface area contributed by atoms with Crippen LogP contribution in [0.3, 0.4) is 0 Å². The summed E-state index contributed by atoms with van der Waals surface area (Å²) in [5.41, 5.74) is 3.13. The summed E-state index contributed by atoms with van der Waals surface area (Å²) in [7, 11) is 0. The van der Waals surface area contributed by atoms with Crippen LogP contribution in [0.5, 0.6) is 23.0 Å². The van der Waals surface area contributed by atoms with Gasteiger partial charge < -0.3 is 23.7 Å². The maximum absolute atomic E-state index is 13.5. The van der Waals surface area contributed by atoms with Crippen molar-refractivity contribution >= 4 is 63.0 Å². The highest BCUT2D eigenvalue weighted by molar-refractivity contribution is 7.22. The lowest BCUT2D eigenvalue weighted by Crippen LogP contribution is -2.30. The lowest BCUT2D eigenvalue weighted by Gasteiger charge is -2.26. The molecule has 0 spiro atoms. The second-order valence-electron chi connectivity index (χ2n) is 13.8. The zero-order chi connectivity index (χ0) is 40.7. The number of esters is 3.